The van der Waals surface area contributed by atoms with Gasteiger partial charge in [-0.2, -0.15) is 15.6 Å². The highest BCUT2D eigenvalue weighted by atomic mass is 16.2. The maximum Gasteiger partial charge on any atom is 0.253 e. The molecule has 1 saturated heterocycles. The monoisotopic (exact) mass is 465 g/mol. The number of aromatic amines is 1. The Morgan fingerprint density at radius 2 is 1.89 bits per heavy atom. The fourth-order valence-corrected chi connectivity index (χ4v) is 4.41. The molecule has 1 atom stereocenters. The largest absolute Gasteiger partial charge is 0.346 e. The smallest absolute Gasteiger partial charge is 0.253 e. The molecule has 0 spiro atoms. The van der Waals surface area contributed by atoms with Gasteiger partial charge in [-0.3, -0.25) is 14.4 Å². The van der Waals surface area contributed by atoms with Gasteiger partial charge in [-0.05, 0) is 30.3 Å². The number of fused-ring (bicyclic) bond motifs is 1. The maximum atomic E-state index is 12.8. The van der Waals surface area contributed by atoms with Gasteiger partial charge in [0.15, 0.2) is 0 Å². The predicted octanol–water partition coefficient (Wildman–Crippen LogP) is 2.61. The van der Waals surface area contributed by atoms with Crippen LogP contribution in [0.15, 0.2) is 55.2 Å². The van der Waals surface area contributed by atoms with Crippen LogP contribution in [0.25, 0.3) is 22.3 Å². The number of aromatic nitrogens is 5. The molecule has 1 aliphatic rings. The molecule has 3 aromatic heterocycles. The second-order valence-corrected chi connectivity index (χ2v) is 8.47. The minimum atomic E-state index is -0.113. The molecule has 4 heterocycles. The van der Waals surface area contributed by atoms with Gasteiger partial charge in [0.05, 0.1) is 42.1 Å². The molecule has 0 bridgehead atoms. The normalized spacial score (nSPS) is 15.0. The number of amides is 1. The minimum absolute atomic E-state index is 0.0274. The molecule has 1 N–H and O–H groups in total. The van der Waals surface area contributed by atoms with Gasteiger partial charge in [0.2, 0.25) is 0 Å². The van der Waals surface area contributed by atoms with E-state index in [0.717, 1.165) is 22.3 Å². The van der Waals surface area contributed by atoms with Gasteiger partial charge in [-0.15, -0.1) is 0 Å². The fourth-order valence-electron chi connectivity index (χ4n) is 4.41. The van der Waals surface area contributed by atoms with E-state index in [2.05, 4.69) is 37.1 Å². The van der Waals surface area contributed by atoms with Crippen LogP contribution in [0.1, 0.15) is 28.4 Å². The van der Waals surface area contributed by atoms with E-state index < -0.39 is 0 Å². The fraction of sp³-hybridized carbons (Fsp3) is 0.280. The summed E-state index contributed by atoms with van der Waals surface area (Å²) in [5.41, 5.74) is 3.56. The number of benzene rings is 1. The summed E-state index contributed by atoms with van der Waals surface area (Å²) in [5, 5.41) is 23.9. The van der Waals surface area contributed by atoms with Crippen molar-refractivity contribution in [3.63, 3.8) is 0 Å². The zero-order chi connectivity index (χ0) is 24.2. The van der Waals surface area contributed by atoms with Crippen molar-refractivity contribution < 1.29 is 4.79 Å². The molecule has 10 heteroatoms. The van der Waals surface area contributed by atoms with Crippen molar-refractivity contribution >= 4 is 16.9 Å². The van der Waals surface area contributed by atoms with Gasteiger partial charge in [0.25, 0.3) is 5.91 Å². The second kappa shape index (κ2) is 9.75. The van der Waals surface area contributed by atoms with Crippen LogP contribution in [0.5, 0.6) is 0 Å². The third-order valence-electron chi connectivity index (χ3n) is 6.32. The van der Waals surface area contributed by atoms with Crippen LogP contribution in [0.4, 0.5) is 0 Å². The van der Waals surface area contributed by atoms with Crippen molar-refractivity contribution in [2.45, 2.75) is 12.5 Å². The molecule has 1 aromatic carbocycles. The lowest BCUT2D eigenvalue weighted by Crippen LogP contribution is -2.49. The summed E-state index contributed by atoms with van der Waals surface area (Å²) in [6.45, 7) is 3.31. The lowest BCUT2D eigenvalue weighted by molar-refractivity contribution is 0.0617. The first kappa shape index (κ1) is 22.3. The van der Waals surface area contributed by atoms with Gasteiger partial charge in [-0.1, -0.05) is 0 Å². The summed E-state index contributed by atoms with van der Waals surface area (Å²) in [6, 6.07) is 12.9. The van der Waals surface area contributed by atoms with Crippen LogP contribution in [0.2, 0.25) is 0 Å². The summed E-state index contributed by atoms with van der Waals surface area (Å²) in [6.07, 6.45) is 7.39. The average Bonchev–Trinajstić information content (AvgIpc) is 3.59. The Bertz CT molecular complexity index is 1420. The molecular weight excluding hydrogens is 442 g/mol. The first-order chi connectivity index (χ1) is 17.2. The summed E-state index contributed by atoms with van der Waals surface area (Å²) in [4.78, 5) is 28.7. The van der Waals surface area contributed by atoms with Crippen LogP contribution < -0.4 is 0 Å². The first-order valence-electron chi connectivity index (χ1n) is 11.4. The van der Waals surface area contributed by atoms with Crippen molar-refractivity contribution in [1.29, 1.82) is 10.5 Å². The van der Waals surface area contributed by atoms with Crippen molar-refractivity contribution in [2.75, 3.05) is 32.7 Å². The van der Waals surface area contributed by atoms with Crippen LogP contribution in [0, 0.1) is 22.7 Å². The number of nitrogens with zero attached hydrogens (tertiary/aromatic N) is 8. The van der Waals surface area contributed by atoms with Gasteiger partial charge >= 0.3 is 0 Å². The van der Waals surface area contributed by atoms with E-state index in [-0.39, 0.29) is 11.9 Å². The molecule has 5 rings (SSSR count). The van der Waals surface area contributed by atoms with E-state index in [1.54, 1.807) is 30.5 Å². The molecule has 1 amide bonds. The molecule has 35 heavy (non-hydrogen) atoms. The van der Waals surface area contributed by atoms with E-state index in [1.807, 2.05) is 28.0 Å². The van der Waals surface area contributed by atoms with E-state index in [4.69, 9.17) is 5.26 Å². The highest BCUT2D eigenvalue weighted by molar-refractivity contribution is 5.94. The summed E-state index contributed by atoms with van der Waals surface area (Å²) < 4.78 is 1.84. The number of rotatable bonds is 6. The number of nitrogens with one attached hydrogen (secondary N) is 1. The third kappa shape index (κ3) is 4.60. The molecule has 0 saturated carbocycles. The number of hydrogen-bond acceptors (Lipinski definition) is 7. The maximum absolute atomic E-state index is 12.8. The summed E-state index contributed by atoms with van der Waals surface area (Å²) in [7, 11) is 0. The van der Waals surface area contributed by atoms with Gasteiger partial charge < -0.3 is 9.88 Å². The number of nitriles is 2. The van der Waals surface area contributed by atoms with E-state index >= 15 is 0 Å². The Kier molecular flexibility index (Phi) is 6.20. The number of hydrogen-bond donors (Lipinski definition) is 1. The number of carbonyl (C=O) groups is 1. The van der Waals surface area contributed by atoms with E-state index in [1.165, 1.54) is 6.33 Å². The van der Waals surface area contributed by atoms with Crippen LogP contribution in [0.3, 0.4) is 0 Å². The highest BCUT2D eigenvalue weighted by Crippen LogP contribution is 2.26. The predicted molar refractivity (Wildman–Crippen MR) is 128 cm³/mol. The molecule has 174 valence electrons. The Morgan fingerprint density at radius 1 is 1.09 bits per heavy atom. The van der Waals surface area contributed by atoms with Gasteiger partial charge in [0, 0.05) is 61.6 Å². The Balaban J connectivity index is 1.24. The lowest BCUT2D eigenvalue weighted by Gasteiger charge is -2.36. The molecule has 1 fully saturated rings. The zero-order valence-electron chi connectivity index (χ0n) is 19.0. The van der Waals surface area contributed by atoms with E-state index in [9.17, 15) is 10.1 Å². The van der Waals surface area contributed by atoms with Crippen molar-refractivity contribution in [3.05, 3.63) is 66.4 Å². The Labute approximate surface area is 202 Å². The van der Waals surface area contributed by atoms with Crippen molar-refractivity contribution in [3.8, 4) is 23.4 Å². The molecule has 1 aliphatic heterocycles. The molecular formula is C25H23N9O. The van der Waals surface area contributed by atoms with E-state index in [0.29, 0.717) is 50.3 Å². The lowest BCUT2D eigenvalue weighted by atomic mass is 10.1. The van der Waals surface area contributed by atoms with Crippen LogP contribution in [-0.2, 0) is 0 Å². The number of carbonyl (C=O) groups excluding carboxylic acids is 1. The van der Waals surface area contributed by atoms with Crippen molar-refractivity contribution in [1.82, 2.24) is 34.5 Å². The highest BCUT2D eigenvalue weighted by Gasteiger charge is 2.25. The summed E-state index contributed by atoms with van der Waals surface area (Å²) in [5.74, 6) is -0.0274. The molecule has 4 aromatic rings. The Hall–Kier alpha value is -4.54. The number of piperazine rings is 1. The van der Waals surface area contributed by atoms with Crippen molar-refractivity contribution in [2.24, 2.45) is 0 Å². The molecule has 0 radical (unpaired) electrons. The summed E-state index contributed by atoms with van der Waals surface area (Å²) >= 11 is 0. The number of H-pyrrole nitrogens is 1. The van der Waals surface area contributed by atoms with Crippen LogP contribution >= 0.6 is 0 Å². The average molecular weight is 466 g/mol. The topological polar surface area (TPSA) is 131 Å². The van der Waals surface area contributed by atoms with Gasteiger partial charge in [-0.25, -0.2) is 9.97 Å². The second-order valence-electron chi connectivity index (χ2n) is 8.47. The SMILES string of the molecule is N#CCC(CN1CCN(C(=O)c2ccc(C#N)cc2)CC1)n1cc(-c2ncnc3[nH]ccc23)cn1. The molecule has 10 nitrogen and oxygen atoms in total. The standard InChI is InChI=1S/C25H23N9O/c26-7-5-21(34-15-20(14-31-34)23-22-6-8-28-24(22)30-17-29-23)16-32-9-11-33(12-10-32)25(35)19-3-1-18(13-27)2-4-19/h1-4,6,8,14-15,17,21H,5,9-12,16H2,(H,28,29,30). The zero-order valence-corrected chi connectivity index (χ0v) is 19.0. The third-order valence-corrected chi connectivity index (χ3v) is 6.32. The quantitative estimate of drug-likeness (QED) is 0.463. The molecule has 1 unspecified atom stereocenters. The minimum Gasteiger partial charge on any atom is -0.346 e. The van der Waals surface area contributed by atoms with Gasteiger partial charge in [0.1, 0.15) is 12.0 Å². The first-order valence-corrected chi connectivity index (χ1v) is 11.4. The Morgan fingerprint density at radius 3 is 2.63 bits per heavy atom. The van der Waals surface area contributed by atoms with Crippen LogP contribution in [-0.4, -0.2) is 73.2 Å². The molecule has 0 aliphatic carbocycles.